The second-order valence-electron chi connectivity index (χ2n) is 3.82. The molecule has 1 aliphatic rings. The van der Waals surface area contributed by atoms with Crippen molar-refractivity contribution in [2.75, 3.05) is 13.1 Å². The van der Waals surface area contributed by atoms with Crippen LogP contribution < -0.4 is 0 Å². The SMILES string of the molecule is CC(=CCCN1CCCCC1=O)C(=O)O. The topological polar surface area (TPSA) is 57.6 Å². The van der Waals surface area contributed by atoms with Crippen LogP contribution in [-0.4, -0.2) is 35.0 Å². The van der Waals surface area contributed by atoms with Crippen LogP contribution in [0.5, 0.6) is 0 Å². The molecule has 0 spiro atoms. The number of hydrogen-bond acceptors (Lipinski definition) is 2. The van der Waals surface area contributed by atoms with Crippen LogP contribution in [0.3, 0.4) is 0 Å². The lowest BCUT2D eigenvalue weighted by molar-refractivity contribution is -0.133. The van der Waals surface area contributed by atoms with Gasteiger partial charge in [-0.25, -0.2) is 4.79 Å². The third-order valence-electron chi connectivity index (χ3n) is 2.61. The lowest BCUT2D eigenvalue weighted by atomic mass is 10.1. The zero-order valence-electron chi connectivity index (χ0n) is 9.03. The van der Waals surface area contributed by atoms with Gasteiger partial charge in [0.1, 0.15) is 0 Å². The van der Waals surface area contributed by atoms with Gasteiger partial charge in [-0.3, -0.25) is 4.79 Å². The van der Waals surface area contributed by atoms with Crippen LogP contribution in [0.25, 0.3) is 0 Å². The maximum Gasteiger partial charge on any atom is 0.330 e. The lowest BCUT2D eigenvalue weighted by Crippen LogP contribution is -2.35. The smallest absolute Gasteiger partial charge is 0.330 e. The molecule has 0 radical (unpaired) electrons. The molecule has 4 nitrogen and oxygen atoms in total. The van der Waals surface area contributed by atoms with Gasteiger partial charge in [-0.1, -0.05) is 6.08 Å². The highest BCUT2D eigenvalue weighted by atomic mass is 16.4. The van der Waals surface area contributed by atoms with E-state index in [1.54, 1.807) is 13.0 Å². The van der Waals surface area contributed by atoms with Gasteiger partial charge in [-0.05, 0) is 26.2 Å². The van der Waals surface area contributed by atoms with E-state index in [0.29, 0.717) is 25.0 Å². The highest BCUT2D eigenvalue weighted by molar-refractivity contribution is 5.85. The van der Waals surface area contributed by atoms with Crippen LogP contribution in [0.1, 0.15) is 32.6 Å². The van der Waals surface area contributed by atoms with Crippen LogP contribution in [0.15, 0.2) is 11.6 Å². The van der Waals surface area contributed by atoms with Gasteiger partial charge in [-0.2, -0.15) is 0 Å². The Morgan fingerprint density at radius 2 is 2.27 bits per heavy atom. The fourth-order valence-electron chi connectivity index (χ4n) is 1.62. The molecule has 1 aliphatic heterocycles. The van der Waals surface area contributed by atoms with Gasteiger partial charge in [0.15, 0.2) is 0 Å². The first-order valence-electron chi connectivity index (χ1n) is 5.29. The zero-order valence-corrected chi connectivity index (χ0v) is 9.03. The molecule has 0 aromatic carbocycles. The second kappa shape index (κ2) is 5.53. The molecule has 1 amide bonds. The molecule has 0 bridgehead atoms. The van der Waals surface area contributed by atoms with E-state index in [1.807, 2.05) is 4.90 Å². The van der Waals surface area contributed by atoms with E-state index in [0.717, 1.165) is 19.4 Å². The molecule has 0 aromatic rings. The molecule has 15 heavy (non-hydrogen) atoms. The van der Waals surface area contributed by atoms with E-state index in [1.165, 1.54) is 0 Å². The van der Waals surface area contributed by atoms with Crippen molar-refractivity contribution in [3.8, 4) is 0 Å². The molecule has 1 saturated heterocycles. The van der Waals surface area contributed by atoms with E-state index in [-0.39, 0.29) is 5.91 Å². The number of likely N-dealkylation sites (tertiary alicyclic amines) is 1. The number of carboxylic acid groups (broad SMARTS) is 1. The van der Waals surface area contributed by atoms with Gasteiger partial charge in [0.05, 0.1) is 0 Å². The molecule has 84 valence electrons. The highest BCUT2D eigenvalue weighted by Gasteiger charge is 2.16. The molecular weight excluding hydrogens is 194 g/mol. The minimum Gasteiger partial charge on any atom is -0.478 e. The van der Waals surface area contributed by atoms with Crippen LogP contribution in [0.2, 0.25) is 0 Å². The second-order valence-corrected chi connectivity index (χ2v) is 3.82. The van der Waals surface area contributed by atoms with Crippen LogP contribution >= 0.6 is 0 Å². The van der Waals surface area contributed by atoms with Gasteiger partial charge >= 0.3 is 5.97 Å². The van der Waals surface area contributed by atoms with E-state index in [2.05, 4.69) is 0 Å². The van der Waals surface area contributed by atoms with Crippen LogP contribution in [0, 0.1) is 0 Å². The minimum atomic E-state index is -0.889. The third-order valence-corrected chi connectivity index (χ3v) is 2.61. The fourth-order valence-corrected chi connectivity index (χ4v) is 1.62. The summed E-state index contributed by atoms with van der Waals surface area (Å²) in [7, 11) is 0. The number of amides is 1. The van der Waals surface area contributed by atoms with Crippen molar-refractivity contribution >= 4 is 11.9 Å². The third kappa shape index (κ3) is 3.73. The van der Waals surface area contributed by atoms with Crippen molar-refractivity contribution in [3.63, 3.8) is 0 Å². The molecule has 0 saturated carbocycles. The summed E-state index contributed by atoms with van der Waals surface area (Å²) in [5.74, 6) is -0.692. The first kappa shape index (κ1) is 11.8. The van der Waals surface area contributed by atoms with Crippen molar-refractivity contribution in [2.24, 2.45) is 0 Å². The molecule has 1 rings (SSSR count). The van der Waals surface area contributed by atoms with Crippen LogP contribution in [0.4, 0.5) is 0 Å². The maximum atomic E-state index is 11.4. The standard InChI is InChI=1S/C11H17NO3/c1-9(11(14)15)5-4-8-12-7-3-2-6-10(12)13/h5H,2-4,6-8H2,1H3,(H,14,15). The van der Waals surface area contributed by atoms with Gasteiger partial charge < -0.3 is 10.0 Å². The van der Waals surface area contributed by atoms with Gasteiger partial charge in [0.25, 0.3) is 0 Å². The first-order valence-corrected chi connectivity index (χ1v) is 5.29. The molecule has 0 aromatic heterocycles. The van der Waals surface area contributed by atoms with Gasteiger partial charge in [-0.15, -0.1) is 0 Å². The number of nitrogens with zero attached hydrogens (tertiary/aromatic N) is 1. The molecule has 0 aliphatic carbocycles. The van der Waals surface area contributed by atoms with Crippen molar-refractivity contribution < 1.29 is 14.7 Å². The number of hydrogen-bond donors (Lipinski definition) is 1. The summed E-state index contributed by atoms with van der Waals surface area (Å²) in [6, 6.07) is 0. The van der Waals surface area contributed by atoms with Crippen molar-refractivity contribution in [1.29, 1.82) is 0 Å². The molecule has 0 unspecified atom stereocenters. The van der Waals surface area contributed by atoms with E-state index < -0.39 is 5.97 Å². The van der Waals surface area contributed by atoms with Crippen molar-refractivity contribution in [2.45, 2.75) is 32.6 Å². The lowest BCUT2D eigenvalue weighted by Gasteiger charge is -2.26. The summed E-state index contributed by atoms with van der Waals surface area (Å²) in [5.41, 5.74) is 0.347. The predicted molar refractivity (Wildman–Crippen MR) is 56.4 cm³/mol. The maximum absolute atomic E-state index is 11.4. The quantitative estimate of drug-likeness (QED) is 0.715. The Kier molecular flexibility index (Phi) is 4.34. The zero-order chi connectivity index (χ0) is 11.3. The number of carbonyl (C=O) groups is 2. The summed E-state index contributed by atoms with van der Waals surface area (Å²) >= 11 is 0. The number of aliphatic carboxylic acids is 1. The number of carboxylic acids is 1. The molecule has 1 fully saturated rings. The number of rotatable bonds is 4. The molecule has 1 N–H and O–H groups in total. The van der Waals surface area contributed by atoms with E-state index in [9.17, 15) is 9.59 Å². The molecular formula is C11H17NO3. The molecule has 0 atom stereocenters. The fraction of sp³-hybridized carbons (Fsp3) is 0.636. The average molecular weight is 211 g/mol. The van der Waals surface area contributed by atoms with Gasteiger partial charge in [0, 0.05) is 25.1 Å². The summed E-state index contributed by atoms with van der Waals surface area (Å²) < 4.78 is 0. The highest BCUT2D eigenvalue weighted by Crippen LogP contribution is 2.11. The minimum absolute atomic E-state index is 0.197. The van der Waals surface area contributed by atoms with Gasteiger partial charge in [0.2, 0.25) is 5.91 Å². The summed E-state index contributed by atoms with van der Waals surface area (Å²) in [6.07, 6.45) is 4.99. The van der Waals surface area contributed by atoms with Crippen molar-refractivity contribution in [1.82, 2.24) is 4.90 Å². The Hall–Kier alpha value is -1.32. The summed E-state index contributed by atoms with van der Waals surface area (Å²) in [4.78, 5) is 23.7. The summed E-state index contributed by atoms with van der Waals surface area (Å²) in [5, 5.41) is 8.62. The Bertz CT molecular complexity index is 284. The molecule has 1 heterocycles. The normalized spacial score (nSPS) is 18.1. The Balaban J connectivity index is 2.33. The average Bonchev–Trinajstić information content (AvgIpc) is 2.20. The predicted octanol–water partition coefficient (Wildman–Crippen LogP) is 1.42. The van der Waals surface area contributed by atoms with Crippen LogP contribution in [-0.2, 0) is 9.59 Å². The molecule has 4 heteroatoms. The number of carbonyl (C=O) groups excluding carboxylic acids is 1. The van der Waals surface area contributed by atoms with E-state index >= 15 is 0 Å². The summed E-state index contributed by atoms with van der Waals surface area (Å²) in [6.45, 7) is 3.03. The van der Waals surface area contributed by atoms with Crippen molar-refractivity contribution in [3.05, 3.63) is 11.6 Å². The monoisotopic (exact) mass is 211 g/mol. The Morgan fingerprint density at radius 3 is 2.87 bits per heavy atom. The van der Waals surface area contributed by atoms with E-state index in [4.69, 9.17) is 5.11 Å². The first-order chi connectivity index (χ1) is 7.11. The largest absolute Gasteiger partial charge is 0.478 e. The Morgan fingerprint density at radius 1 is 1.53 bits per heavy atom. The number of piperidine rings is 1. The Labute approximate surface area is 89.6 Å².